The number of sulfonamides is 1. The van der Waals surface area contributed by atoms with Crippen LogP contribution in [-0.2, 0) is 16.6 Å². The van der Waals surface area contributed by atoms with Crippen molar-refractivity contribution in [3.8, 4) is 0 Å². The summed E-state index contributed by atoms with van der Waals surface area (Å²) in [5.74, 6) is 0. The maximum absolute atomic E-state index is 12.8. The van der Waals surface area contributed by atoms with Gasteiger partial charge in [-0.3, -0.25) is 0 Å². The SMILES string of the molecule is CN(Cc1ccccc1)S(=O)(=O)c1ccc(NC(=O)NC2CCCCC2)cc1. The molecule has 0 heterocycles. The second-order valence-corrected chi connectivity index (χ2v) is 9.25. The minimum absolute atomic E-state index is 0.198. The zero-order valence-electron chi connectivity index (χ0n) is 16.1. The Kier molecular flexibility index (Phi) is 6.70. The molecule has 1 fully saturated rings. The molecule has 0 radical (unpaired) electrons. The Hall–Kier alpha value is -2.38. The van der Waals surface area contributed by atoms with E-state index >= 15 is 0 Å². The lowest BCUT2D eigenvalue weighted by molar-refractivity contribution is 0.244. The lowest BCUT2D eigenvalue weighted by Gasteiger charge is -2.23. The van der Waals surface area contributed by atoms with Gasteiger partial charge in [0.05, 0.1) is 4.90 Å². The van der Waals surface area contributed by atoms with E-state index in [0.717, 1.165) is 31.2 Å². The van der Waals surface area contributed by atoms with Gasteiger partial charge in [0, 0.05) is 25.3 Å². The summed E-state index contributed by atoms with van der Waals surface area (Å²) in [6, 6.07) is 15.7. The Morgan fingerprint density at radius 2 is 1.64 bits per heavy atom. The van der Waals surface area contributed by atoms with Crippen LogP contribution >= 0.6 is 0 Å². The number of carbonyl (C=O) groups excluding carboxylic acids is 1. The molecule has 1 aliphatic carbocycles. The van der Waals surface area contributed by atoms with E-state index in [1.54, 1.807) is 19.2 Å². The van der Waals surface area contributed by atoms with Crippen LogP contribution in [0.4, 0.5) is 10.5 Å². The molecule has 0 aliphatic heterocycles. The summed E-state index contributed by atoms with van der Waals surface area (Å²) >= 11 is 0. The third-order valence-electron chi connectivity index (χ3n) is 5.01. The van der Waals surface area contributed by atoms with Crippen molar-refractivity contribution in [1.29, 1.82) is 0 Å². The van der Waals surface area contributed by atoms with Crippen LogP contribution in [0.25, 0.3) is 0 Å². The van der Waals surface area contributed by atoms with Gasteiger partial charge in [-0.15, -0.1) is 0 Å². The molecule has 3 rings (SSSR count). The molecule has 0 bridgehead atoms. The highest BCUT2D eigenvalue weighted by molar-refractivity contribution is 7.89. The molecule has 0 unspecified atom stereocenters. The van der Waals surface area contributed by atoms with E-state index in [1.165, 1.54) is 22.9 Å². The number of carbonyl (C=O) groups is 1. The van der Waals surface area contributed by atoms with Crippen molar-refractivity contribution in [2.75, 3.05) is 12.4 Å². The van der Waals surface area contributed by atoms with Gasteiger partial charge < -0.3 is 10.6 Å². The number of nitrogens with zero attached hydrogens (tertiary/aromatic N) is 1. The van der Waals surface area contributed by atoms with Crippen molar-refractivity contribution in [2.24, 2.45) is 0 Å². The highest BCUT2D eigenvalue weighted by Crippen LogP contribution is 2.20. The molecule has 0 aromatic heterocycles. The van der Waals surface area contributed by atoms with Gasteiger partial charge in [0.25, 0.3) is 0 Å². The van der Waals surface area contributed by atoms with E-state index in [4.69, 9.17) is 0 Å². The maximum Gasteiger partial charge on any atom is 0.319 e. The quantitative estimate of drug-likeness (QED) is 0.769. The summed E-state index contributed by atoms with van der Waals surface area (Å²) in [5, 5.41) is 5.76. The molecule has 1 aliphatic rings. The molecule has 6 nitrogen and oxygen atoms in total. The van der Waals surface area contributed by atoms with Crippen molar-refractivity contribution in [2.45, 2.75) is 49.6 Å². The molecule has 0 spiro atoms. The number of rotatable bonds is 6. The van der Waals surface area contributed by atoms with E-state index in [1.807, 2.05) is 30.3 Å². The van der Waals surface area contributed by atoms with Gasteiger partial charge in [0.1, 0.15) is 0 Å². The second kappa shape index (κ2) is 9.21. The molecule has 1 saturated carbocycles. The van der Waals surface area contributed by atoms with Crippen molar-refractivity contribution in [3.63, 3.8) is 0 Å². The predicted octanol–water partition coefficient (Wildman–Crippen LogP) is 3.96. The summed E-state index contributed by atoms with van der Waals surface area (Å²) < 4.78 is 26.8. The number of hydrogen-bond acceptors (Lipinski definition) is 3. The zero-order chi connectivity index (χ0) is 20.0. The van der Waals surface area contributed by atoms with Crippen molar-refractivity contribution in [3.05, 3.63) is 60.2 Å². The minimum atomic E-state index is -3.60. The van der Waals surface area contributed by atoms with Crippen LogP contribution in [0.2, 0.25) is 0 Å². The van der Waals surface area contributed by atoms with Crippen LogP contribution < -0.4 is 10.6 Å². The van der Waals surface area contributed by atoms with E-state index < -0.39 is 10.0 Å². The minimum Gasteiger partial charge on any atom is -0.335 e. The fourth-order valence-corrected chi connectivity index (χ4v) is 4.57. The summed E-state index contributed by atoms with van der Waals surface area (Å²) in [5.41, 5.74) is 1.49. The molecule has 0 saturated heterocycles. The number of urea groups is 1. The van der Waals surface area contributed by atoms with Crippen LogP contribution in [0.1, 0.15) is 37.7 Å². The summed E-state index contributed by atoms with van der Waals surface area (Å²) in [6.45, 7) is 0.299. The van der Waals surface area contributed by atoms with Gasteiger partial charge in [-0.2, -0.15) is 4.31 Å². The van der Waals surface area contributed by atoms with Gasteiger partial charge in [0.2, 0.25) is 10.0 Å². The highest BCUT2D eigenvalue weighted by Gasteiger charge is 2.21. The zero-order valence-corrected chi connectivity index (χ0v) is 16.9. The Balaban J connectivity index is 1.60. The fraction of sp³-hybridized carbons (Fsp3) is 0.381. The maximum atomic E-state index is 12.8. The Labute approximate surface area is 167 Å². The van der Waals surface area contributed by atoms with Crippen LogP contribution in [0.15, 0.2) is 59.5 Å². The van der Waals surface area contributed by atoms with E-state index in [0.29, 0.717) is 12.2 Å². The molecule has 2 aromatic carbocycles. The highest BCUT2D eigenvalue weighted by atomic mass is 32.2. The van der Waals surface area contributed by atoms with Crippen LogP contribution in [0.3, 0.4) is 0 Å². The van der Waals surface area contributed by atoms with Crippen molar-refractivity contribution < 1.29 is 13.2 Å². The topological polar surface area (TPSA) is 78.5 Å². The average molecular weight is 402 g/mol. The summed E-state index contributed by atoms with van der Waals surface area (Å²) in [4.78, 5) is 12.3. The average Bonchev–Trinajstić information content (AvgIpc) is 2.70. The first-order valence-electron chi connectivity index (χ1n) is 9.63. The lowest BCUT2D eigenvalue weighted by Crippen LogP contribution is -2.39. The fourth-order valence-electron chi connectivity index (χ4n) is 3.42. The van der Waals surface area contributed by atoms with Crippen molar-refractivity contribution >= 4 is 21.7 Å². The third kappa shape index (κ3) is 5.33. The number of anilines is 1. The van der Waals surface area contributed by atoms with E-state index in [2.05, 4.69) is 10.6 Å². The van der Waals surface area contributed by atoms with Gasteiger partial charge in [0.15, 0.2) is 0 Å². The Morgan fingerprint density at radius 1 is 1.00 bits per heavy atom. The molecule has 2 N–H and O–H groups in total. The van der Waals surface area contributed by atoms with Gasteiger partial charge in [-0.25, -0.2) is 13.2 Å². The monoisotopic (exact) mass is 401 g/mol. The molecule has 7 heteroatoms. The number of hydrogen-bond donors (Lipinski definition) is 2. The standard InChI is InChI=1S/C21H27N3O3S/c1-24(16-17-8-4-2-5-9-17)28(26,27)20-14-12-19(13-15-20)23-21(25)22-18-10-6-3-7-11-18/h2,4-5,8-9,12-15,18H,3,6-7,10-11,16H2,1H3,(H2,22,23,25). The molecular formula is C21H27N3O3S. The Morgan fingerprint density at radius 3 is 2.29 bits per heavy atom. The molecule has 2 amide bonds. The molecule has 150 valence electrons. The first-order chi connectivity index (χ1) is 13.4. The number of amides is 2. The smallest absolute Gasteiger partial charge is 0.319 e. The van der Waals surface area contributed by atoms with Crippen molar-refractivity contribution in [1.82, 2.24) is 9.62 Å². The van der Waals surface area contributed by atoms with Gasteiger partial charge in [-0.05, 0) is 42.7 Å². The van der Waals surface area contributed by atoms with Crippen LogP contribution in [-0.4, -0.2) is 31.8 Å². The first-order valence-corrected chi connectivity index (χ1v) is 11.1. The molecule has 28 heavy (non-hydrogen) atoms. The van der Waals surface area contributed by atoms with E-state index in [-0.39, 0.29) is 17.0 Å². The van der Waals surface area contributed by atoms with Crippen LogP contribution in [0, 0.1) is 0 Å². The predicted molar refractivity (Wildman–Crippen MR) is 111 cm³/mol. The molecule has 0 atom stereocenters. The summed E-state index contributed by atoms with van der Waals surface area (Å²) in [7, 11) is -2.04. The largest absolute Gasteiger partial charge is 0.335 e. The second-order valence-electron chi connectivity index (χ2n) is 7.20. The van der Waals surface area contributed by atoms with Gasteiger partial charge >= 0.3 is 6.03 Å². The normalized spacial score (nSPS) is 15.4. The Bertz CT molecular complexity index is 877. The van der Waals surface area contributed by atoms with Gasteiger partial charge in [-0.1, -0.05) is 49.6 Å². The van der Waals surface area contributed by atoms with Crippen LogP contribution in [0.5, 0.6) is 0 Å². The number of benzene rings is 2. The lowest BCUT2D eigenvalue weighted by atomic mass is 9.96. The molecular weight excluding hydrogens is 374 g/mol. The number of nitrogens with one attached hydrogen (secondary N) is 2. The molecule has 2 aromatic rings. The first kappa shape index (κ1) is 20.4. The third-order valence-corrected chi connectivity index (χ3v) is 6.83. The summed E-state index contributed by atoms with van der Waals surface area (Å²) in [6.07, 6.45) is 5.55. The van der Waals surface area contributed by atoms with E-state index in [9.17, 15) is 13.2 Å².